The maximum absolute atomic E-state index is 12.9. The third-order valence-corrected chi connectivity index (χ3v) is 4.50. The fourth-order valence-electron chi connectivity index (χ4n) is 2.39. The molecule has 2 amide bonds. The number of anilines is 2. The first-order chi connectivity index (χ1) is 12.2. The fourth-order valence-corrected chi connectivity index (χ4v) is 3.81. The van der Waals surface area contributed by atoms with Crippen molar-refractivity contribution in [1.82, 2.24) is 4.90 Å². The van der Waals surface area contributed by atoms with Gasteiger partial charge in [-0.1, -0.05) is 15.9 Å². The molecule has 2 N–H and O–H groups in total. The van der Waals surface area contributed by atoms with Gasteiger partial charge in [-0.15, -0.1) is 0 Å². The van der Waals surface area contributed by atoms with Crippen molar-refractivity contribution in [1.29, 1.82) is 0 Å². The van der Waals surface area contributed by atoms with E-state index in [-0.39, 0.29) is 24.2 Å². The molecule has 0 aromatic heterocycles. The highest BCUT2D eigenvalue weighted by atomic mass is 79.9. The summed E-state index contributed by atoms with van der Waals surface area (Å²) < 4.78 is 14.5. The highest BCUT2D eigenvalue weighted by molar-refractivity contribution is 9.11. The van der Waals surface area contributed by atoms with Gasteiger partial charge in [-0.05, 0) is 64.9 Å². The van der Waals surface area contributed by atoms with E-state index in [2.05, 4.69) is 42.5 Å². The largest absolute Gasteiger partial charge is 0.325 e. The summed E-state index contributed by atoms with van der Waals surface area (Å²) in [5, 5.41) is 5.52. The van der Waals surface area contributed by atoms with Crippen LogP contribution in [0.1, 0.15) is 12.5 Å². The molecular weight excluding hydrogens is 469 g/mol. The lowest BCUT2D eigenvalue weighted by Gasteiger charge is -2.20. The van der Waals surface area contributed by atoms with Crippen molar-refractivity contribution in [2.24, 2.45) is 0 Å². The van der Waals surface area contributed by atoms with E-state index in [0.29, 0.717) is 17.9 Å². The molecule has 0 fully saturated rings. The first-order valence-electron chi connectivity index (χ1n) is 7.74. The van der Waals surface area contributed by atoms with Crippen LogP contribution in [0, 0.1) is 5.82 Å². The number of rotatable bonds is 6. The summed E-state index contributed by atoms with van der Waals surface area (Å²) in [6.45, 7) is 2.03. The van der Waals surface area contributed by atoms with E-state index < -0.39 is 0 Å². The second kappa shape index (κ2) is 9.25. The topological polar surface area (TPSA) is 61.4 Å². The van der Waals surface area contributed by atoms with Crippen LogP contribution in [0.2, 0.25) is 0 Å². The molecule has 0 aliphatic carbocycles. The highest BCUT2D eigenvalue weighted by Crippen LogP contribution is 2.31. The van der Waals surface area contributed by atoms with E-state index in [1.165, 1.54) is 31.2 Å². The summed E-state index contributed by atoms with van der Waals surface area (Å²) in [5.74, 6) is -0.744. The van der Waals surface area contributed by atoms with Crippen LogP contribution in [0.25, 0.3) is 0 Å². The van der Waals surface area contributed by atoms with Crippen LogP contribution in [-0.2, 0) is 16.1 Å². The smallest absolute Gasteiger partial charge is 0.238 e. The van der Waals surface area contributed by atoms with Crippen LogP contribution in [0.4, 0.5) is 15.8 Å². The second-order valence-electron chi connectivity index (χ2n) is 5.83. The number of nitrogens with zero attached hydrogens (tertiary/aromatic N) is 1. The van der Waals surface area contributed by atoms with E-state index in [9.17, 15) is 14.0 Å². The van der Waals surface area contributed by atoms with E-state index in [4.69, 9.17) is 0 Å². The number of benzene rings is 2. The first kappa shape index (κ1) is 20.5. The van der Waals surface area contributed by atoms with Gasteiger partial charge < -0.3 is 10.6 Å². The molecule has 0 heterocycles. The van der Waals surface area contributed by atoms with E-state index in [1.54, 1.807) is 7.05 Å². The van der Waals surface area contributed by atoms with Gasteiger partial charge in [0.1, 0.15) is 5.82 Å². The lowest BCUT2D eigenvalue weighted by Crippen LogP contribution is -2.30. The third kappa shape index (κ3) is 6.19. The SMILES string of the molecule is CC(=O)Nc1c(Br)cc(Br)cc1CN(C)CC(=O)Nc1ccc(F)cc1. The zero-order valence-electron chi connectivity index (χ0n) is 14.3. The molecule has 0 saturated carbocycles. The van der Waals surface area contributed by atoms with Gasteiger partial charge in [0.25, 0.3) is 0 Å². The average molecular weight is 487 g/mol. The Balaban J connectivity index is 2.04. The zero-order chi connectivity index (χ0) is 19.3. The minimum absolute atomic E-state index is 0.140. The van der Waals surface area contributed by atoms with Gasteiger partial charge in [0.15, 0.2) is 0 Å². The third-order valence-electron chi connectivity index (χ3n) is 3.42. The maximum atomic E-state index is 12.9. The van der Waals surface area contributed by atoms with Crippen molar-refractivity contribution in [2.75, 3.05) is 24.2 Å². The number of amides is 2. The number of carbonyl (C=O) groups is 2. The summed E-state index contributed by atoms with van der Waals surface area (Å²) in [5.41, 5.74) is 2.07. The Hall–Kier alpha value is -1.77. The van der Waals surface area contributed by atoms with Crippen LogP contribution in [0.5, 0.6) is 0 Å². The summed E-state index contributed by atoms with van der Waals surface area (Å²) >= 11 is 6.88. The van der Waals surface area contributed by atoms with E-state index >= 15 is 0 Å². The van der Waals surface area contributed by atoms with Gasteiger partial charge >= 0.3 is 0 Å². The Bertz CT molecular complexity index is 813. The summed E-state index contributed by atoms with van der Waals surface area (Å²) in [4.78, 5) is 25.4. The van der Waals surface area contributed by atoms with Gasteiger partial charge in [-0.3, -0.25) is 14.5 Å². The van der Waals surface area contributed by atoms with E-state index in [0.717, 1.165) is 14.5 Å². The Kier molecular flexibility index (Phi) is 7.31. The lowest BCUT2D eigenvalue weighted by molar-refractivity contribution is -0.117. The number of likely N-dealkylation sites (N-methyl/N-ethyl adjacent to an activating group) is 1. The molecule has 0 radical (unpaired) electrons. The molecule has 0 unspecified atom stereocenters. The number of halogens is 3. The molecule has 2 rings (SSSR count). The van der Waals surface area contributed by atoms with Crippen LogP contribution in [0.3, 0.4) is 0 Å². The molecule has 5 nitrogen and oxygen atoms in total. The molecular formula is C18H18Br2FN3O2. The van der Waals surface area contributed by atoms with Crippen LogP contribution >= 0.6 is 31.9 Å². The number of hydrogen-bond acceptors (Lipinski definition) is 3. The maximum Gasteiger partial charge on any atom is 0.238 e. The van der Waals surface area contributed by atoms with Crippen molar-refractivity contribution < 1.29 is 14.0 Å². The number of hydrogen-bond donors (Lipinski definition) is 2. The van der Waals surface area contributed by atoms with Crippen LogP contribution in [0.15, 0.2) is 45.3 Å². The molecule has 0 aliphatic heterocycles. The molecule has 0 saturated heterocycles. The second-order valence-corrected chi connectivity index (χ2v) is 7.60. The van der Waals surface area contributed by atoms with E-state index in [1.807, 2.05) is 17.0 Å². The van der Waals surface area contributed by atoms with Crippen molar-refractivity contribution in [3.63, 3.8) is 0 Å². The normalized spacial score (nSPS) is 10.7. The molecule has 0 aliphatic rings. The Labute approximate surface area is 168 Å². The Morgan fingerprint density at radius 1 is 1.12 bits per heavy atom. The van der Waals surface area contributed by atoms with Gasteiger partial charge in [0, 0.05) is 28.1 Å². The summed E-state index contributed by atoms with van der Waals surface area (Å²) in [6, 6.07) is 9.33. The quantitative estimate of drug-likeness (QED) is 0.636. The molecule has 0 spiro atoms. The molecule has 2 aromatic rings. The van der Waals surface area contributed by atoms with Crippen molar-refractivity contribution in [2.45, 2.75) is 13.5 Å². The minimum Gasteiger partial charge on any atom is -0.325 e. The van der Waals surface area contributed by atoms with Crippen molar-refractivity contribution >= 4 is 55.0 Å². The molecule has 8 heteroatoms. The van der Waals surface area contributed by atoms with Gasteiger partial charge in [0.05, 0.1) is 12.2 Å². The fraction of sp³-hybridized carbons (Fsp3) is 0.222. The lowest BCUT2D eigenvalue weighted by atomic mass is 10.1. The monoisotopic (exact) mass is 485 g/mol. The van der Waals surface area contributed by atoms with Crippen molar-refractivity contribution in [3.8, 4) is 0 Å². The average Bonchev–Trinajstić information content (AvgIpc) is 2.52. The van der Waals surface area contributed by atoms with Gasteiger partial charge in [-0.2, -0.15) is 0 Å². The first-order valence-corrected chi connectivity index (χ1v) is 9.32. The van der Waals surface area contributed by atoms with Crippen molar-refractivity contribution in [3.05, 3.63) is 56.7 Å². The number of nitrogens with one attached hydrogen (secondary N) is 2. The van der Waals surface area contributed by atoms with Gasteiger partial charge in [0.2, 0.25) is 11.8 Å². The standard InChI is InChI=1S/C18H18Br2FN3O2/c1-11(25)22-18-12(7-13(19)8-16(18)20)9-24(2)10-17(26)23-15-5-3-14(21)4-6-15/h3-8H,9-10H2,1-2H3,(H,22,25)(H,23,26). The molecule has 0 bridgehead atoms. The Morgan fingerprint density at radius 2 is 1.77 bits per heavy atom. The predicted molar refractivity (Wildman–Crippen MR) is 108 cm³/mol. The predicted octanol–water partition coefficient (Wildman–Crippen LogP) is 4.38. The molecule has 2 aromatic carbocycles. The molecule has 0 atom stereocenters. The minimum atomic E-state index is -0.356. The van der Waals surface area contributed by atoms with Crippen LogP contribution < -0.4 is 10.6 Å². The molecule has 26 heavy (non-hydrogen) atoms. The summed E-state index contributed by atoms with van der Waals surface area (Å²) in [6.07, 6.45) is 0. The zero-order valence-corrected chi connectivity index (χ0v) is 17.4. The van der Waals surface area contributed by atoms with Gasteiger partial charge in [-0.25, -0.2) is 4.39 Å². The summed E-state index contributed by atoms with van der Waals surface area (Å²) in [7, 11) is 1.80. The van der Waals surface area contributed by atoms with Crippen LogP contribution in [-0.4, -0.2) is 30.3 Å². The number of carbonyl (C=O) groups excluding carboxylic acids is 2. The Morgan fingerprint density at radius 3 is 2.38 bits per heavy atom. The highest BCUT2D eigenvalue weighted by Gasteiger charge is 2.14. The molecule has 138 valence electrons.